The van der Waals surface area contributed by atoms with E-state index >= 15 is 0 Å². The third-order valence-electron chi connectivity index (χ3n) is 5.08. The van der Waals surface area contributed by atoms with Crippen LogP contribution in [0.2, 0.25) is 0 Å². The lowest BCUT2D eigenvalue weighted by molar-refractivity contribution is 0.987. The Morgan fingerprint density at radius 2 is 1.79 bits per heavy atom. The Labute approximate surface area is 172 Å². The first-order valence-electron chi connectivity index (χ1n) is 10.4. The summed E-state index contributed by atoms with van der Waals surface area (Å²) in [5.74, 6) is 0. The number of benzene rings is 1. The maximum Gasteiger partial charge on any atom is 0.0444 e. The van der Waals surface area contributed by atoms with Gasteiger partial charge in [-0.2, -0.15) is 0 Å². The highest BCUT2D eigenvalue weighted by atomic mass is 14.7. The van der Waals surface area contributed by atoms with Crippen molar-refractivity contribution in [3.05, 3.63) is 76.0 Å². The van der Waals surface area contributed by atoms with Crippen LogP contribution in [0.25, 0.3) is 5.57 Å². The van der Waals surface area contributed by atoms with E-state index in [1.807, 2.05) is 19.2 Å². The highest BCUT2D eigenvalue weighted by Gasteiger charge is 2.07. The van der Waals surface area contributed by atoms with E-state index in [2.05, 4.69) is 76.9 Å². The molecular weight excluding hydrogens is 340 g/mol. The molecular formula is C26H38N2. The van der Waals surface area contributed by atoms with Gasteiger partial charge in [-0.3, -0.25) is 4.99 Å². The molecule has 0 fully saturated rings. The predicted octanol–water partition coefficient (Wildman–Crippen LogP) is 7.09. The Morgan fingerprint density at radius 3 is 2.36 bits per heavy atom. The molecule has 0 bridgehead atoms. The molecule has 0 atom stereocenters. The minimum absolute atomic E-state index is 0.594. The zero-order valence-electron chi connectivity index (χ0n) is 18.9. The van der Waals surface area contributed by atoms with Crippen molar-refractivity contribution >= 4 is 11.3 Å². The van der Waals surface area contributed by atoms with Crippen molar-refractivity contribution in [3.63, 3.8) is 0 Å². The molecule has 2 N–H and O–H groups in total. The fourth-order valence-corrected chi connectivity index (χ4v) is 3.54. The van der Waals surface area contributed by atoms with Crippen molar-refractivity contribution in [1.82, 2.24) is 0 Å². The van der Waals surface area contributed by atoms with Gasteiger partial charge in [0.05, 0.1) is 0 Å². The summed E-state index contributed by atoms with van der Waals surface area (Å²) >= 11 is 0. The number of allylic oxidation sites excluding steroid dienone is 7. The number of aliphatic imine (C=N–C) groups is 1. The van der Waals surface area contributed by atoms with Gasteiger partial charge >= 0.3 is 0 Å². The van der Waals surface area contributed by atoms with Crippen LogP contribution in [0.1, 0.15) is 76.6 Å². The molecule has 0 aliphatic heterocycles. The zero-order chi connectivity index (χ0) is 21.1. The standard InChI is InChI=1S/C26H38N2/c1-8-12-20(5)26(22(7)28-15-9-2)14-11-13-19(4)23-16-21(6)25(10-3)24(17-23)18-27/h9,12-17H,8,10-11,18,27H2,1-7H3/b15-9+,19-13+,20-12+,26-14+,28-22+. The molecule has 0 unspecified atom stereocenters. The number of nitrogens with zero attached hydrogens (tertiary/aromatic N) is 1. The molecule has 28 heavy (non-hydrogen) atoms. The van der Waals surface area contributed by atoms with Crippen LogP contribution >= 0.6 is 0 Å². The maximum atomic E-state index is 5.99. The molecule has 0 spiro atoms. The van der Waals surface area contributed by atoms with Crippen molar-refractivity contribution in [3.8, 4) is 0 Å². The second-order valence-electron chi connectivity index (χ2n) is 7.22. The number of aryl methyl sites for hydroxylation is 1. The summed E-state index contributed by atoms with van der Waals surface area (Å²) in [4.78, 5) is 4.55. The molecule has 0 radical (unpaired) electrons. The van der Waals surface area contributed by atoms with Crippen molar-refractivity contribution in [1.29, 1.82) is 0 Å². The summed E-state index contributed by atoms with van der Waals surface area (Å²) in [6.07, 6.45) is 13.6. The minimum atomic E-state index is 0.594. The van der Waals surface area contributed by atoms with Gasteiger partial charge in [0.15, 0.2) is 0 Å². The molecule has 2 heteroatoms. The molecule has 2 nitrogen and oxygen atoms in total. The van der Waals surface area contributed by atoms with E-state index < -0.39 is 0 Å². The summed E-state index contributed by atoms with van der Waals surface area (Å²) in [6, 6.07) is 4.54. The van der Waals surface area contributed by atoms with E-state index in [1.165, 1.54) is 39.0 Å². The summed E-state index contributed by atoms with van der Waals surface area (Å²) in [6.45, 7) is 15.6. The number of rotatable bonds is 9. The summed E-state index contributed by atoms with van der Waals surface area (Å²) < 4.78 is 0. The largest absolute Gasteiger partial charge is 0.326 e. The van der Waals surface area contributed by atoms with Crippen LogP contribution in [0.4, 0.5) is 0 Å². The van der Waals surface area contributed by atoms with E-state index in [0.717, 1.165) is 25.0 Å². The van der Waals surface area contributed by atoms with Gasteiger partial charge in [0.2, 0.25) is 0 Å². The number of nitrogens with two attached hydrogens (primary N) is 1. The average Bonchev–Trinajstić information content (AvgIpc) is 2.68. The Kier molecular flexibility index (Phi) is 10.5. The predicted molar refractivity (Wildman–Crippen MR) is 127 cm³/mol. The minimum Gasteiger partial charge on any atom is -0.326 e. The average molecular weight is 379 g/mol. The summed E-state index contributed by atoms with van der Waals surface area (Å²) in [7, 11) is 0. The molecule has 1 aromatic rings. The third kappa shape index (κ3) is 6.76. The van der Waals surface area contributed by atoms with Crippen LogP contribution in [0.15, 0.2) is 58.8 Å². The van der Waals surface area contributed by atoms with Crippen molar-refractivity contribution in [2.24, 2.45) is 10.7 Å². The highest BCUT2D eigenvalue weighted by molar-refractivity contribution is 6.02. The molecule has 0 aliphatic carbocycles. The Morgan fingerprint density at radius 1 is 1.07 bits per heavy atom. The molecule has 0 heterocycles. The summed E-state index contributed by atoms with van der Waals surface area (Å²) in [5, 5.41) is 0. The molecule has 0 aromatic heterocycles. The second kappa shape index (κ2) is 12.3. The normalized spacial score (nSPS) is 14.3. The Hall–Kier alpha value is -2.19. The lowest BCUT2D eigenvalue weighted by atomic mass is 9.93. The van der Waals surface area contributed by atoms with Crippen molar-refractivity contribution < 1.29 is 0 Å². The molecule has 1 rings (SSSR count). The maximum absolute atomic E-state index is 5.99. The van der Waals surface area contributed by atoms with Crippen molar-refractivity contribution in [2.45, 2.75) is 74.3 Å². The third-order valence-corrected chi connectivity index (χ3v) is 5.08. The first-order valence-corrected chi connectivity index (χ1v) is 10.4. The first kappa shape index (κ1) is 23.8. The quantitative estimate of drug-likeness (QED) is 0.361. The van der Waals surface area contributed by atoms with Gasteiger partial charge in [-0.15, -0.1) is 0 Å². The van der Waals surface area contributed by atoms with Crippen molar-refractivity contribution in [2.75, 3.05) is 0 Å². The lowest BCUT2D eigenvalue weighted by Crippen LogP contribution is -2.04. The van der Waals surface area contributed by atoms with Crippen LogP contribution in [-0.4, -0.2) is 5.71 Å². The molecule has 152 valence electrons. The van der Waals surface area contributed by atoms with Crippen LogP contribution in [0, 0.1) is 6.92 Å². The number of hydrogen-bond donors (Lipinski definition) is 1. The molecule has 0 aliphatic rings. The zero-order valence-corrected chi connectivity index (χ0v) is 18.9. The van der Waals surface area contributed by atoms with Gasteiger partial charge in [-0.05, 0) is 98.9 Å². The van der Waals surface area contributed by atoms with E-state index in [-0.39, 0.29) is 0 Å². The Balaban J connectivity index is 3.18. The summed E-state index contributed by atoms with van der Waals surface area (Å²) in [5.41, 5.74) is 16.1. The molecule has 0 amide bonds. The van der Waals surface area contributed by atoms with E-state index in [9.17, 15) is 0 Å². The van der Waals surface area contributed by atoms with E-state index in [1.54, 1.807) is 0 Å². The van der Waals surface area contributed by atoms with Gasteiger partial charge in [0.25, 0.3) is 0 Å². The number of hydrogen-bond acceptors (Lipinski definition) is 2. The SMILES string of the molecule is C/C=C/N=C(C)/C(=C/C/C=C(\C)c1cc(C)c(CC)c(CN)c1)C(/C)=C/CC. The molecule has 0 saturated carbocycles. The van der Waals surface area contributed by atoms with Gasteiger partial charge in [-0.25, -0.2) is 0 Å². The van der Waals surface area contributed by atoms with Gasteiger partial charge in [0.1, 0.15) is 0 Å². The van der Waals surface area contributed by atoms with Crippen LogP contribution < -0.4 is 5.73 Å². The van der Waals surface area contributed by atoms with Gasteiger partial charge < -0.3 is 5.73 Å². The second-order valence-corrected chi connectivity index (χ2v) is 7.22. The fraction of sp³-hybridized carbons (Fsp3) is 0.423. The van der Waals surface area contributed by atoms with E-state index in [0.29, 0.717) is 6.54 Å². The van der Waals surface area contributed by atoms with Crippen LogP contribution in [-0.2, 0) is 13.0 Å². The van der Waals surface area contributed by atoms with Crippen LogP contribution in [0.3, 0.4) is 0 Å². The first-order chi connectivity index (χ1) is 13.4. The highest BCUT2D eigenvalue weighted by Crippen LogP contribution is 2.24. The van der Waals surface area contributed by atoms with Gasteiger partial charge in [0, 0.05) is 18.5 Å². The molecule has 1 aromatic carbocycles. The topological polar surface area (TPSA) is 38.4 Å². The molecule has 0 saturated heterocycles. The fourth-order valence-electron chi connectivity index (χ4n) is 3.54. The van der Waals surface area contributed by atoms with E-state index in [4.69, 9.17) is 5.73 Å². The van der Waals surface area contributed by atoms with Crippen LogP contribution in [0.5, 0.6) is 0 Å². The monoisotopic (exact) mass is 378 g/mol. The lowest BCUT2D eigenvalue weighted by Gasteiger charge is -2.13. The van der Waals surface area contributed by atoms with Gasteiger partial charge in [-0.1, -0.05) is 44.2 Å². The smallest absolute Gasteiger partial charge is 0.0444 e. The Bertz CT molecular complexity index is 802.